The highest BCUT2D eigenvalue weighted by Crippen LogP contribution is 2.23. The molecule has 0 unspecified atom stereocenters. The molecule has 0 atom stereocenters. The van der Waals surface area contributed by atoms with E-state index in [0.717, 1.165) is 12.1 Å². The largest absolute Gasteiger partial charge is 0.288 e. The van der Waals surface area contributed by atoms with E-state index < -0.39 is 28.8 Å². The predicted molar refractivity (Wildman–Crippen MR) is 68.6 cm³/mol. The quantitative estimate of drug-likeness (QED) is 0.589. The first-order valence-electron chi connectivity index (χ1n) is 5.36. The predicted octanol–water partition coefficient (Wildman–Crippen LogP) is 4.41. The second-order valence-corrected chi connectivity index (χ2v) is 4.87. The summed E-state index contributed by atoms with van der Waals surface area (Å²) in [6.07, 6.45) is 0. The van der Waals surface area contributed by atoms with Crippen molar-refractivity contribution in [2.45, 2.75) is 6.92 Å². The first-order chi connectivity index (χ1) is 8.91. The van der Waals surface area contributed by atoms with Crippen LogP contribution in [0, 0.1) is 24.4 Å². The van der Waals surface area contributed by atoms with E-state index in [9.17, 15) is 18.0 Å². The van der Waals surface area contributed by atoms with Crippen LogP contribution in [0.2, 0.25) is 0 Å². The SMILES string of the molecule is Cc1cccc(C(=O)c2cc(F)c(Br)cc2F)c1F. The van der Waals surface area contributed by atoms with Gasteiger partial charge >= 0.3 is 0 Å². The molecule has 2 aromatic carbocycles. The van der Waals surface area contributed by atoms with Gasteiger partial charge in [-0.2, -0.15) is 0 Å². The van der Waals surface area contributed by atoms with Gasteiger partial charge in [0.1, 0.15) is 17.5 Å². The minimum absolute atomic E-state index is 0.0914. The Balaban J connectivity index is 2.56. The maximum Gasteiger partial charge on any atom is 0.199 e. The fraction of sp³-hybridized carbons (Fsp3) is 0.0714. The normalized spacial score (nSPS) is 10.6. The number of benzene rings is 2. The summed E-state index contributed by atoms with van der Waals surface area (Å²) in [5.41, 5.74) is -0.505. The molecule has 0 fully saturated rings. The Morgan fingerprint density at radius 1 is 1.05 bits per heavy atom. The Bertz CT molecular complexity index is 668. The van der Waals surface area contributed by atoms with Crippen molar-refractivity contribution < 1.29 is 18.0 Å². The summed E-state index contributed by atoms with van der Waals surface area (Å²) in [4.78, 5) is 12.0. The highest BCUT2D eigenvalue weighted by Gasteiger charge is 2.20. The first-order valence-corrected chi connectivity index (χ1v) is 6.15. The molecule has 2 rings (SSSR count). The smallest absolute Gasteiger partial charge is 0.199 e. The van der Waals surface area contributed by atoms with Crippen LogP contribution in [0.15, 0.2) is 34.8 Å². The van der Waals surface area contributed by atoms with Crippen LogP contribution in [-0.4, -0.2) is 5.78 Å². The van der Waals surface area contributed by atoms with E-state index in [4.69, 9.17) is 0 Å². The molecule has 2 aromatic rings. The van der Waals surface area contributed by atoms with Crippen molar-refractivity contribution in [3.8, 4) is 0 Å². The fourth-order valence-corrected chi connectivity index (χ4v) is 1.98. The maximum absolute atomic E-state index is 13.8. The summed E-state index contributed by atoms with van der Waals surface area (Å²) < 4.78 is 40.7. The van der Waals surface area contributed by atoms with Crippen molar-refractivity contribution in [1.29, 1.82) is 0 Å². The minimum Gasteiger partial charge on any atom is -0.288 e. The van der Waals surface area contributed by atoms with E-state index in [1.54, 1.807) is 0 Å². The van der Waals surface area contributed by atoms with Gasteiger partial charge in [-0.25, -0.2) is 13.2 Å². The number of rotatable bonds is 2. The van der Waals surface area contributed by atoms with Crippen molar-refractivity contribution in [3.63, 3.8) is 0 Å². The third-order valence-electron chi connectivity index (χ3n) is 2.69. The van der Waals surface area contributed by atoms with Gasteiger partial charge in [-0.15, -0.1) is 0 Å². The van der Waals surface area contributed by atoms with Gasteiger partial charge in [-0.1, -0.05) is 12.1 Å². The van der Waals surface area contributed by atoms with E-state index in [1.807, 2.05) is 0 Å². The zero-order chi connectivity index (χ0) is 14.2. The molecule has 0 amide bonds. The summed E-state index contributed by atoms with van der Waals surface area (Å²) in [5, 5.41) is 0. The Kier molecular flexibility index (Phi) is 3.75. The van der Waals surface area contributed by atoms with Crippen LogP contribution >= 0.6 is 15.9 Å². The van der Waals surface area contributed by atoms with Gasteiger partial charge in [0, 0.05) is 0 Å². The van der Waals surface area contributed by atoms with Crippen LogP contribution in [0.4, 0.5) is 13.2 Å². The third kappa shape index (κ3) is 2.56. The molecule has 1 nitrogen and oxygen atoms in total. The highest BCUT2D eigenvalue weighted by molar-refractivity contribution is 9.10. The summed E-state index contributed by atoms with van der Waals surface area (Å²) in [6.45, 7) is 1.49. The lowest BCUT2D eigenvalue weighted by atomic mass is 10.0. The summed E-state index contributed by atoms with van der Waals surface area (Å²) >= 11 is 2.81. The lowest BCUT2D eigenvalue weighted by Crippen LogP contribution is -2.08. The van der Waals surface area contributed by atoms with E-state index in [-0.39, 0.29) is 15.6 Å². The second-order valence-electron chi connectivity index (χ2n) is 4.01. The summed E-state index contributed by atoms with van der Waals surface area (Å²) in [7, 11) is 0. The van der Waals surface area contributed by atoms with Gasteiger partial charge < -0.3 is 0 Å². The van der Waals surface area contributed by atoms with Crippen LogP contribution in [0.3, 0.4) is 0 Å². The number of aryl methyl sites for hydroxylation is 1. The van der Waals surface area contributed by atoms with E-state index in [1.165, 1.54) is 25.1 Å². The molecule has 19 heavy (non-hydrogen) atoms. The van der Waals surface area contributed by atoms with Gasteiger partial charge in [0.2, 0.25) is 0 Å². The van der Waals surface area contributed by atoms with Crippen molar-refractivity contribution >= 4 is 21.7 Å². The molecular weight excluding hydrogens is 321 g/mol. The van der Waals surface area contributed by atoms with Gasteiger partial charge in [0.25, 0.3) is 0 Å². The zero-order valence-corrected chi connectivity index (χ0v) is 11.4. The molecule has 0 saturated carbocycles. The number of hydrogen-bond acceptors (Lipinski definition) is 1. The van der Waals surface area contributed by atoms with Crippen LogP contribution in [0.5, 0.6) is 0 Å². The van der Waals surface area contributed by atoms with Gasteiger partial charge in [0.15, 0.2) is 5.78 Å². The molecule has 0 bridgehead atoms. The van der Waals surface area contributed by atoms with Crippen LogP contribution in [0.1, 0.15) is 21.5 Å². The lowest BCUT2D eigenvalue weighted by molar-refractivity contribution is 0.103. The molecule has 5 heteroatoms. The van der Waals surface area contributed by atoms with Crippen molar-refractivity contribution in [3.05, 3.63) is 68.9 Å². The monoisotopic (exact) mass is 328 g/mol. The van der Waals surface area contributed by atoms with E-state index in [2.05, 4.69) is 15.9 Å². The van der Waals surface area contributed by atoms with E-state index in [0.29, 0.717) is 0 Å². The third-order valence-corrected chi connectivity index (χ3v) is 3.30. The first kappa shape index (κ1) is 13.8. The molecule has 0 aromatic heterocycles. The molecule has 0 N–H and O–H groups in total. The molecule has 0 heterocycles. The van der Waals surface area contributed by atoms with E-state index >= 15 is 0 Å². The summed E-state index contributed by atoms with van der Waals surface area (Å²) in [5.74, 6) is -3.29. The average molecular weight is 329 g/mol. The maximum atomic E-state index is 13.8. The molecular formula is C14H8BrF3O. The molecule has 0 saturated heterocycles. The Labute approximate surface area is 116 Å². The number of hydrogen-bond donors (Lipinski definition) is 0. The number of carbonyl (C=O) groups is 1. The van der Waals surface area contributed by atoms with Gasteiger partial charge in [-0.3, -0.25) is 4.79 Å². The van der Waals surface area contributed by atoms with Crippen molar-refractivity contribution in [2.24, 2.45) is 0 Å². The molecule has 0 aliphatic rings. The van der Waals surface area contributed by atoms with Crippen molar-refractivity contribution in [2.75, 3.05) is 0 Å². The molecule has 0 aliphatic heterocycles. The molecule has 0 aliphatic carbocycles. The van der Waals surface area contributed by atoms with Gasteiger partial charge in [0.05, 0.1) is 15.6 Å². The molecule has 98 valence electrons. The highest BCUT2D eigenvalue weighted by atomic mass is 79.9. The number of carbonyl (C=O) groups excluding carboxylic acids is 1. The molecule has 0 spiro atoms. The standard InChI is InChI=1S/C14H8BrF3O/c1-7-3-2-4-8(13(7)18)14(19)9-5-12(17)10(15)6-11(9)16/h2-6H,1H3. The molecule has 0 radical (unpaired) electrons. The number of ketones is 1. The van der Waals surface area contributed by atoms with Crippen LogP contribution in [-0.2, 0) is 0 Å². The Morgan fingerprint density at radius 2 is 1.74 bits per heavy atom. The Morgan fingerprint density at radius 3 is 2.42 bits per heavy atom. The Hall–Kier alpha value is -1.62. The fourth-order valence-electron chi connectivity index (χ4n) is 1.66. The average Bonchev–Trinajstić information content (AvgIpc) is 2.36. The van der Waals surface area contributed by atoms with Crippen LogP contribution in [0.25, 0.3) is 0 Å². The topological polar surface area (TPSA) is 17.1 Å². The zero-order valence-electron chi connectivity index (χ0n) is 9.81. The van der Waals surface area contributed by atoms with Gasteiger partial charge in [-0.05, 0) is 46.6 Å². The summed E-state index contributed by atoms with van der Waals surface area (Å²) in [6, 6.07) is 5.81. The second kappa shape index (κ2) is 5.17. The van der Waals surface area contributed by atoms with Crippen LogP contribution < -0.4 is 0 Å². The van der Waals surface area contributed by atoms with Crippen molar-refractivity contribution in [1.82, 2.24) is 0 Å². The minimum atomic E-state index is -0.904. The number of halogens is 4. The lowest BCUT2D eigenvalue weighted by Gasteiger charge is -2.07.